The molecule has 2 amide bonds. The van der Waals surface area contributed by atoms with Crippen LogP contribution in [0.2, 0.25) is 0 Å². The van der Waals surface area contributed by atoms with Crippen LogP contribution in [0, 0.1) is 13.8 Å². The summed E-state index contributed by atoms with van der Waals surface area (Å²) in [6.45, 7) is 7.08. The Kier molecular flexibility index (Phi) is 8.09. The van der Waals surface area contributed by atoms with Gasteiger partial charge >= 0.3 is 0 Å². The van der Waals surface area contributed by atoms with Crippen LogP contribution in [0.3, 0.4) is 0 Å². The molecule has 0 bridgehead atoms. The summed E-state index contributed by atoms with van der Waals surface area (Å²) in [5, 5.41) is 7.84. The number of amides is 2. The highest BCUT2D eigenvalue weighted by Crippen LogP contribution is 2.29. The van der Waals surface area contributed by atoms with E-state index in [4.69, 9.17) is 9.47 Å². The summed E-state index contributed by atoms with van der Waals surface area (Å²) in [6, 6.07) is 15.2. The Morgan fingerprint density at radius 3 is 1.48 bits per heavy atom. The number of fused-ring (bicyclic) bond motifs is 2. The topological polar surface area (TPSA) is 109 Å². The molecule has 4 aromatic rings. The zero-order valence-corrected chi connectivity index (χ0v) is 23.3. The van der Waals surface area contributed by atoms with Crippen LogP contribution in [-0.2, 0) is 9.59 Å². The van der Waals surface area contributed by atoms with Crippen LogP contribution in [0.1, 0.15) is 11.4 Å². The SMILES string of the molecule is COc1cc(NC(=O)CN2CCN(CC(=O)Nc3cc(OC)cc4ccc(C)nc34)CC2)c2nc(C)ccc2c1. The fourth-order valence-corrected chi connectivity index (χ4v) is 4.93. The summed E-state index contributed by atoms with van der Waals surface area (Å²) in [4.78, 5) is 39.3. The van der Waals surface area contributed by atoms with Gasteiger partial charge in [0.15, 0.2) is 0 Å². The van der Waals surface area contributed by atoms with Crippen molar-refractivity contribution in [2.24, 2.45) is 0 Å². The van der Waals surface area contributed by atoms with Gasteiger partial charge in [-0.05, 0) is 38.1 Å². The number of carbonyl (C=O) groups is 2. The third-order valence-electron chi connectivity index (χ3n) is 7.03. The summed E-state index contributed by atoms with van der Waals surface area (Å²) in [5.74, 6) is 1.09. The van der Waals surface area contributed by atoms with Crippen molar-refractivity contribution in [3.8, 4) is 11.5 Å². The van der Waals surface area contributed by atoms with Crippen molar-refractivity contribution in [3.63, 3.8) is 0 Å². The number of carbonyl (C=O) groups excluding carboxylic acids is 2. The van der Waals surface area contributed by atoms with Crippen molar-refractivity contribution in [3.05, 3.63) is 59.9 Å². The summed E-state index contributed by atoms with van der Waals surface area (Å²) < 4.78 is 10.8. The fraction of sp³-hybridized carbons (Fsp3) is 0.333. The first-order valence-corrected chi connectivity index (χ1v) is 13.3. The van der Waals surface area contributed by atoms with Gasteiger partial charge in [0.05, 0.1) is 49.7 Å². The van der Waals surface area contributed by atoms with Crippen LogP contribution < -0.4 is 20.1 Å². The molecule has 0 atom stereocenters. The lowest BCUT2D eigenvalue weighted by atomic mass is 10.1. The molecule has 10 nitrogen and oxygen atoms in total. The summed E-state index contributed by atoms with van der Waals surface area (Å²) in [7, 11) is 3.20. The molecule has 1 fully saturated rings. The number of aryl methyl sites for hydroxylation is 2. The Morgan fingerprint density at radius 2 is 1.10 bits per heavy atom. The molecule has 2 aromatic heterocycles. The minimum atomic E-state index is -0.114. The van der Waals surface area contributed by atoms with Gasteiger partial charge in [0, 0.05) is 60.5 Å². The van der Waals surface area contributed by atoms with Crippen LogP contribution in [0.15, 0.2) is 48.5 Å². The molecule has 0 saturated carbocycles. The molecule has 5 rings (SSSR count). The molecular formula is C30H34N6O4. The van der Waals surface area contributed by atoms with Crippen molar-refractivity contribution in [2.75, 3.05) is 64.1 Å². The number of pyridine rings is 2. The van der Waals surface area contributed by atoms with E-state index in [0.717, 1.165) is 33.2 Å². The van der Waals surface area contributed by atoms with E-state index in [1.165, 1.54) is 0 Å². The van der Waals surface area contributed by atoms with Gasteiger partial charge in [0.2, 0.25) is 11.8 Å². The number of nitrogens with zero attached hydrogens (tertiary/aromatic N) is 4. The van der Waals surface area contributed by atoms with E-state index in [9.17, 15) is 9.59 Å². The average Bonchev–Trinajstić information content (AvgIpc) is 2.94. The highest BCUT2D eigenvalue weighted by atomic mass is 16.5. The number of aromatic nitrogens is 2. The number of nitrogens with one attached hydrogen (secondary N) is 2. The van der Waals surface area contributed by atoms with E-state index < -0.39 is 0 Å². The van der Waals surface area contributed by atoms with Gasteiger partial charge in [-0.25, -0.2) is 0 Å². The number of piperazine rings is 1. The average molecular weight is 543 g/mol. The Morgan fingerprint density at radius 1 is 0.700 bits per heavy atom. The Hall–Kier alpha value is -4.28. The molecule has 40 heavy (non-hydrogen) atoms. The maximum absolute atomic E-state index is 12.9. The number of ether oxygens (including phenoxy) is 2. The zero-order chi connectivity index (χ0) is 28.2. The molecule has 2 aromatic carbocycles. The van der Waals surface area contributed by atoms with Gasteiger partial charge in [-0.1, -0.05) is 12.1 Å². The lowest BCUT2D eigenvalue weighted by Crippen LogP contribution is -2.50. The predicted octanol–water partition coefficient (Wildman–Crippen LogP) is 3.61. The van der Waals surface area contributed by atoms with Crippen molar-refractivity contribution < 1.29 is 19.1 Å². The first-order valence-electron chi connectivity index (χ1n) is 13.3. The molecule has 0 spiro atoms. The molecule has 2 N–H and O–H groups in total. The molecule has 0 radical (unpaired) electrons. The second kappa shape index (κ2) is 11.8. The summed E-state index contributed by atoms with van der Waals surface area (Å²) >= 11 is 0. The number of hydrogen-bond acceptors (Lipinski definition) is 8. The van der Waals surface area contributed by atoms with E-state index in [0.29, 0.717) is 49.1 Å². The molecule has 1 aliphatic rings. The number of hydrogen-bond donors (Lipinski definition) is 2. The van der Waals surface area contributed by atoms with E-state index >= 15 is 0 Å². The summed E-state index contributed by atoms with van der Waals surface area (Å²) in [6.07, 6.45) is 0. The maximum Gasteiger partial charge on any atom is 0.238 e. The molecule has 0 unspecified atom stereocenters. The van der Waals surface area contributed by atoms with Gasteiger partial charge < -0.3 is 20.1 Å². The smallest absolute Gasteiger partial charge is 0.238 e. The Balaban J connectivity index is 1.16. The van der Waals surface area contributed by atoms with E-state index in [-0.39, 0.29) is 24.9 Å². The van der Waals surface area contributed by atoms with Gasteiger partial charge in [-0.3, -0.25) is 29.4 Å². The van der Waals surface area contributed by atoms with Crippen molar-refractivity contribution in [2.45, 2.75) is 13.8 Å². The number of anilines is 2. The van der Waals surface area contributed by atoms with Gasteiger partial charge in [-0.2, -0.15) is 0 Å². The molecule has 10 heteroatoms. The Bertz CT molecular complexity index is 1450. The van der Waals surface area contributed by atoms with Crippen molar-refractivity contribution >= 4 is 45.0 Å². The first-order chi connectivity index (χ1) is 19.3. The van der Waals surface area contributed by atoms with Crippen LogP contribution in [0.5, 0.6) is 11.5 Å². The van der Waals surface area contributed by atoms with Crippen LogP contribution in [0.25, 0.3) is 21.8 Å². The van der Waals surface area contributed by atoms with Gasteiger partial charge in [0.1, 0.15) is 11.5 Å². The highest BCUT2D eigenvalue weighted by molar-refractivity contribution is 6.02. The van der Waals surface area contributed by atoms with Crippen LogP contribution in [-0.4, -0.2) is 85.1 Å². The normalized spacial score (nSPS) is 14.3. The third-order valence-corrected chi connectivity index (χ3v) is 7.03. The quantitative estimate of drug-likeness (QED) is 0.348. The third kappa shape index (κ3) is 6.30. The molecule has 3 heterocycles. The Labute approximate surface area is 233 Å². The lowest BCUT2D eigenvalue weighted by molar-refractivity contribution is -0.120. The molecule has 1 saturated heterocycles. The molecule has 1 aliphatic heterocycles. The zero-order valence-electron chi connectivity index (χ0n) is 23.3. The highest BCUT2D eigenvalue weighted by Gasteiger charge is 2.22. The second-order valence-corrected chi connectivity index (χ2v) is 10.0. The first kappa shape index (κ1) is 27.3. The minimum absolute atomic E-state index is 0.114. The van der Waals surface area contributed by atoms with Crippen molar-refractivity contribution in [1.29, 1.82) is 0 Å². The van der Waals surface area contributed by atoms with Crippen molar-refractivity contribution in [1.82, 2.24) is 19.8 Å². The largest absolute Gasteiger partial charge is 0.497 e. The molecule has 208 valence electrons. The number of benzene rings is 2. The van der Waals surface area contributed by atoms with Crippen LogP contribution in [0.4, 0.5) is 11.4 Å². The summed E-state index contributed by atoms with van der Waals surface area (Å²) in [5.41, 5.74) is 4.48. The number of rotatable bonds is 8. The lowest BCUT2D eigenvalue weighted by Gasteiger charge is -2.33. The molecule has 0 aliphatic carbocycles. The monoisotopic (exact) mass is 542 g/mol. The van der Waals surface area contributed by atoms with E-state index in [1.54, 1.807) is 26.4 Å². The van der Waals surface area contributed by atoms with Gasteiger partial charge in [-0.15, -0.1) is 0 Å². The van der Waals surface area contributed by atoms with Gasteiger partial charge in [0.25, 0.3) is 0 Å². The predicted molar refractivity (Wildman–Crippen MR) is 156 cm³/mol. The fourth-order valence-electron chi connectivity index (χ4n) is 4.93. The molecular weight excluding hydrogens is 508 g/mol. The standard InChI is InChI=1S/C30H34N6O4/c1-19-5-7-21-13-23(39-3)15-25(29(21)31-19)33-27(37)17-35-9-11-36(12-10-35)18-28(38)34-26-16-24(40-4)14-22-8-6-20(2)32-30(22)26/h5-8,13-16H,9-12,17-18H2,1-4H3,(H,33,37)(H,34,38). The maximum atomic E-state index is 12.9. The second-order valence-electron chi connectivity index (χ2n) is 10.0. The van der Waals surface area contributed by atoms with E-state index in [1.807, 2.05) is 50.2 Å². The number of methoxy groups -OCH3 is 2. The van der Waals surface area contributed by atoms with Crippen LogP contribution >= 0.6 is 0 Å². The minimum Gasteiger partial charge on any atom is -0.497 e. The van der Waals surface area contributed by atoms with E-state index in [2.05, 4.69) is 30.4 Å².